The lowest BCUT2D eigenvalue weighted by Gasteiger charge is -2.50. The highest BCUT2D eigenvalue weighted by atomic mass is 16.6. The average Bonchev–Trinajstić information content (AvgIpc) is 2.76. The second-order valence-electron chi connectivity index (χ2n) is 9.32. The Hall–Kier alpha value is -3.14. The van der Waals surface area contributed by atoms with E-state index in [0.29, 0.717) is 13.1 Å². The first-order chi connectivity index (χ1) is 14.8. The van der Waals surface area contributed by atoms with Crippen LogP contribution in [0.1, 0.15) is 44.7 Å². The largest absolute Gasteiger partial charge is 0.444 e. The fourth-order valence-corrected chi connectivity index (χ4v) is 4.44. The van der Waals surface area contributed by atoms with E-state index in [9.17, 15) is 9.59 Å². The molecule has 1 aliphatic heterocycles. The van der Waals surface area contributed by atoms with Crippen LogP contribution in [0.25, 0.3) is 12.2 Å². The number of amides is 1. The van der Waals surface area contributed by atoms with Crippen LogP contribution in [0.5, 0.6) is 0 Å². The van der Waals surface area contributed by atoms with Crippen LogP contribution in [0.2, 0.25) is 0 Å². The van der Waals surface area contributed by atoms with E-state index < -0.39 is 5.60 Å². The Bertz CT molecular complexity index is 960. The van der Waals surface area contributed by atoms with Crippen molar-refractivity contribution >= 4 is 24.0 Å². The van der Waals surface area contributed by atoms with Gasteiger partial charge in [-0.15, -0.1) is 0 Å². The van der Waals surface area contributed by atoms with Gasteiger partial charge in [0.25, 0.3) is 0 Å². The van der Waals surface area contributed by atoms with Gasteiger partial charge in [-0.05, 0) is 56.9 Å². The molecular formula is C27H29NO3. The van der Waals surface area contributed by atoms with Crippen molar-refractivity contribution in [2.24, 2.45) is 5.41 Å². The molecule has 4 rings (SSSR count). The summed E-state index contributed by atoms with van der Waals surface area (Å²) in [7, 11) is 0. The van der Waals surface area contributed by atoms with Gasteiger partial charge in [0, 0.05) is 29.7 Å². The standard InChI is InChI=1S/C27H29NO3/c1-26(2,3)31-25(30)28-16-14-27(15-17-28)22(18-20-10-6-4-7-11-20)24(29)23(27)19-21-12-8-5-9-13-21/h4-13,18-19H,14-17H2,1-3H3/b22-18-,23-19-. The van der Waals surface area contributed by atoms with Gasteiger partial charge in [-0.1, -0.05) is 60.7 Å². The normalized spacial score (nSPS) is 20.7. The number of nitrogens with zero attached hydrogens (tertiary/aromatic N) is 1. The fourth-order valence-electron chi connectivity index (χ4n) is 4.44. The molecule has 0 radical (unpaired) electrons. The summed E-state index contributed by atoms with van der Waals surface area (Å²) < 4.78 is 5.55. The van der Waals surface area contributed by atoms with Crippen LogP contribution in [-0.2, 0) is 9.53 Å². The summed E-state index contributed by atoms with van der Waals surface area (Å²) in [6.45, 7) is 6.77. The second kappa shape index (κ2) is 8.18. The zero-order valence-electron chi connectivity index (χ0n) is 18.4. The lowest BCUT2D eigenvalue weighted by molar-refractivity contribution is -0.118. The summed E-state index contributed by atoms with van der Waals surface area (Å²) in [5, 5.41) is 0. The molecule has 2 aliphatic rings. The van der Waals surface area contributed by atoms with Gasteiger partial charge in [0.2, 0.25) is 0 Å². The number of benzene rings is 2. The van der Waals surface area contributed by atoms with Crippen LogP contribution >= 0.6 is 0 Å². The van der Waals surface area contributed by atoms with Gasteiger partial charge >= 0.3 is 6.09 Å². The van der Waals surface area contributed by atoms with E-state index in [1.807, 2.05) is 93.6 Å². The van der Waals surface area contributed by atoms with E-state index >= 15 is 0 Å². The van der Waals surface area contributed by atoms with Gasteiger partial charge in [0.1, 0.15) is 5.60 Å². The Labute approximate surface area is 184 Å². The molecule has 0 bridgehead atoms. The minimum Gasteiger partial charge on any atom is -0.444 e. The number of rotatable bonds is 2. The van der Waals surface area contributed by atoms with Crippen molar-refractivity contribution < 1.29 is 14.3 Å². The summed E-state index contributed by atoms with van der Waals surface area (Å²) >= 11 is 0. The van der Waals surface area contributed by atoms with Crippen LogP contribution in [0.3, 0.4) is 0 Å². The first-order valence-corrected chi connectivity index (χ1v) is 10.9. The SMILES string of the molecule is CC(C)(C)OC(=O)N1CCC2(CC1)/C(=C\c1ccccc1)C(=O)/C2=C/c1ccccc1. The first-order valence-electron chi connectivity index (χ1n) is 10.9. The number of hydrogen-bond donors (Lipinski definition) is 0. The molecule has 4 nitrogen and oxygen atoms in total. The summed E-state index contributed by atoms with van der Waals surface area (Å²) in [5.41, 5.74) is 2.92. The number of likely N-dealkylation sites (tertiary alicyclic amines) is 1. The number of Topliss-reactive ketones (excluding diaryl/α,β-unsaturated/α-hetero) is 1. The van der Waals surface area contributed by atoms with Crippen molar-refractivity contribution in [1.82, 2.24) is 4.90 Å². The molecule has 0 aromatic heterocycles. The van der Waals surface area contributed by atoms with Gasteiger partial charge in [-0.3, -0.25) is 4.79 Å². The summed E-state index contributed by atoms with van der Waals surface area (Å²) in [4.78, 5) is 27.5. The highest BCUT2D eigenvalue weighted by Crippen LogP contribution is 2.56. The van der Waals surface area contributed by atoms with Crippen LogP contribution in [0, 0.1) is 5.41 Å². The Balaban J connectivity index is 1.64. The molecule has 1 spiro atoms. The molecule has 1 aliphatic carbocycles. The third kappa shape index (κ3) is 4.34. The van der Waals surface area contributed by atoms with Crippen molar-refractivity contribution in [3.63, 3.8) is 0 Å². The lowest BCUT2D eigenvalue weighted by Crippen LogP contribution is -2.53. The van der Waals surface area contributed by atoms with Crippen LogP contribution in [-0.4, -0.2) is 35.5 Å². The second-order valence-corrected chi connectivity index (χ2v) is 9.32. The maximum absolute atomic E-state index is 13.2. The van der Waals surface area contributed by atoms with Crippen LogP contribution < -0.4 is 0 Å². The van der Waals surface area contributed by atoms with Gasteiger partial charge < -0.3 is 9.64 Å². The quantitative estimate of drug-likeness (QED) is 0.587. The van der Waals surface area contributed by atoms with Gasteiger partial charge in [-0.25, -0.2) is 4.79 Å². The van der Waals surface area contributed by atoms with E-state index in [1.165, 1.54) is 0 Å². The monoisotopic (exact) mass is 415 g/mol. The maximum Gasteiger partial charge on any atom is 0.410 e. The number of carbonyl (C=O) groups is 2. The molecule has 160 valence electrons. The van der Waals surface area contributed by atoms with E-state index in [0.717, 1.165) is 35.1 Å². The first kappa shape index (κ1) is 21.1. The zero-order valence-corrected chi connectivity index (χ0v) is 18.4. The molecule has 0 unspecified atom stereocenters. The third-order valence-corrected chi connectivity index (χ3v) is 6.01. The Morgan fingerprint density at radius 3 is 1.74 bits per heavy atom. The molecule has 0 N–H and O–H groups in total. The predicted molar refractivity (Wildman–Crippen MR) is 123 cm³/mol. The zero-order chi connectivity index (χ0) is 22.1. The number of ketones is 1. The van der Waals surface area contributed by atoms with Crippen LogP contribution in [0.15, 0.2) is 71.8 Å². The van der Waals surface area contributed by atoms with E-state index in [4.69, 9.17) is 4.74 Å². The highest BCUT2D eigenvalue weighted by Gasteiger charge is 2.55. The number of carbonyl (C=O) groups excluding carboxylic acids is 2. The van der Waals surface area contributed by atoms with E-state index in [2.05, 4.69) is 0 Å². The molecule has 1 saturated heterocycles. The Morgan fingerprint density at radius 2 is 1.32 bits per heavy atom. The summed E-state index contributed by atoms with van der Waals surface area (Å²) in [6.07, 6.45) is 5.20. The molecule has 2 fully saturated rings. The summed E-state index contributed by atoms with van der Waals surface area (Å²) in [5.74, 6) is 0.110. The topological polar surface area (TPSA) is 46.6 Å². The molecule has 2 aromatic carbocycles. The van der Waals surface area contributed by atoms with Gasteiger partial charge in [0.15, 0.2) is 5.78 Å². The van der Waals surface area contributed by atoms with Gasteiger partial charge in [-0.2, -0.15) is 0 Å². The molecule has 0 atom stereocenters. The molecule has 31 heavy (non-hydrogen) atoms. The molecule has 1 saturated carbocycles. The summed E-state index contributed by atoms with van der Waals surface area (Å²) in [6, 6.07) is 19.9. The molecular weight excluding hydrogens is 386 g/mol. The Kier molecular flexibility index (Phi) is 5.57. The van der Waals surface area contributed by atoms with Crippen molar-refractivity contribution in [3.8, 4) is 0 Å². The molecule has 1 heterocycles. The number of allylic oxidation sites excluding steroid dienone is 2. The molecule has 4 heteroatoms. The molecule has 2 aromatic rings. The highest BCUT2D eigenvalue weighted by molar-refractivity contribution is 6.23. The van der Waals surface area contributed by atoms with Crippen molar-refractivity contribution in [1.29, 1.82) is 0 Å². The van der Waals surface area contributed by atoms with Crippen molar-refractivity contribution in [3.05, 3.63) is 82.9 Å². The van der Waals surface area contributed by atoms with Crippen molar-refractivity contribution in [2.75, 3.05) is 13.1 Å². The van der Waals surface area contributed by atoms with Crippen LogP contribution in [0.4, 0.5) is 4.79 Å². The minimum absolute atomic E-state index is 0.110. The minimum atomic E-state index is -0.518. The molecule has 1 amide bonds. The fraction of sp³-hybridized carbons (Fsp3) is 0.333. The number of hydrogen-bond acceptors (Lipinski definition) is 3. The van der Waals surface area contributed by atoms with Gasteiger partial charge in [0.05, 0.1) is 0 Å². The Morgan fingerprint density at radius 1 is 0.871 bits per heavy atom. The maximum atomic E-state index is 13.2. The third-order valence-electron chi connectivity index (χ3n) is 6.01. The smallest absolute Gasteiger partial charge is 0.410 e. The number of ether oxygens (including phenoxy) is 1. The lowest BCUT2D eigenvalue weighted by atomic mass is 9.54. The van der Waals surface area contributed by atoms with E-state index in [1.54, 1.807) is 4.90 Å². The predicted octanol–water partition coefficient (Wildman–Crippen LogP) is 5.75. The number of piperidine rings is 1. The average molecular weight is 416 g/mol. The van der Waals surface area contributed by atoms with E-state index in [-0.39, 0.29) is 17.3 Å². The van der Waals surface area contributed by atoms with Crippen molar-refractivity contribution in [2.45, 2.75) is 39.2 Å².